The van der Waals surface area contributed by atoms with Crippen LogP contribution in [0.15, 0.2) is 24.3 Å². The summed E-state index contributed by atoms with van der Waals surface area (Å²) in [5.41, 5.74) is 7.14. The Morgan fingerprint density at radius 3 is 2.67 bits per heavy atom. The second kappa shape index (κ2) is 5.05. The Hall–Kier alpha value is -2.08. The van der Waals surface area contributed by atoms with Crippen LogP contribution in [0, 0.1) is 0 Å². The topological polar surface area (TPSA) is 88.2 Å². The van der Waals surface area contributed by atoms with Gasteiger partial charge >= 0.3 is 5.97 Å². The van der Waals surface area contributed by atoms with Gasteiger partial charge < -0.3 is 16.2 Å². The number of nitrogens with two attached hydrogens (primary N) is 1. The fourth-order valence-corrected chi connectivity index (χ4v) is 2.39. The van der Waals surface area contributed by atoms with E-state index < -0.39 is 5.97 Å². The number of carboxylic acid groups (broad SMARTS) is 1. The summed E-state index contributed by atoms with van der Waals surface area (Å²) in [5, 5.41) is 12.7. The molecule has 1 heterocycles. The Labute approximate surface area is 108 Å². The van der Waals surface area contributed by atoms with E-state index in [0.29, 0.717) is 23.1 Å². The van der Waals surface area contributed by atoms with Gasteiger partial charge in [0.25, 0.3) is 0 Å². The SMILES string of the molecule is CCNc1nc(-c2ccc(N)cc2)sc1C(=O)O. The molecule has 2 rings (SSSR count). The van der Waals surface area contributed by atoms with E-state index in [1.807, 2.05) is 19.1 Å². The predicted molar refractivity (Wildman–Crippen MR) is 73.1 cm³/mol. The van der Waals surface area contributed by atoms with Gasteiger partial charge in [-0.2, -0.15) is 0 Å². The van der Waals surface area contributed by atoms with Gasteiger partial charge in [0.15, 0.2) is 10.7 Å². The van der Waals surface area contributed by atoms with Crippen molar-refractivity contribution in [3.63, 3.8) is 0 Å². The Balaban J connectivity index is 2.42. The molecule has 0 aliphatic rings. The Morgan fingerprint density at radius 2 is 2.11 bits per heavy atom. The highest BCUT2D eigenvalue weighted by Crippen LogP contribution is 2.31. The van der Waals surface area contributed by atoms with Gasteiger partial charge in [-0.05, 0) is 31.2 Å². The molecule has 6 heteroatoms. The maximum atomic E-state index is 11.1. The number of hydrogen-bond acceptors (Lipinski definition) is 5. The van der Waals surface area contributed by atoms with Gasteiger partial charge in [0, 0.05) is 17.8 Å². The van der Waals surface area contributed by atoms with Gasteiger partial charge in [-0.15, -0.1) is 11.3 Å². The smallest absolute Gasteiger partial charge is 0.349 e. The summed E-state index contributed by atoms with van der Waals surface area (Å²) in [5.74, 6) is -0.549. The average molecular weight is 263 g/mol. The lowest BCUT2D eigenvalue weighted by molar-refractivity contribution is 0.0703. The van der Waals surface area contributed by atoms with Gasteiger partial charge in [-0.25, -0.2) is 9.78 Å². The number of carboxylic acids is 1. The molecule has 5 nitrogen and oxygen atoms in total. The first-order valence-electron chi connectivity index (χ1n) is 5.45. The molecule has 0 aliphatic heterocycles. The van der Waals surface area contributed by atoms with E-state index in [0.717, 1.165) is 16.9 Å². The summed E-state index contributed by atoms with van der Waals surface area (Å²) < 4.78 is 0. The summed E-state index contributed by atoms with van der Waals surface area (Å²) in [6.07, 6.45) is 0. The molecule has 0 saturated heterocycles. The highest BCUT2D eigenvalue weighted by atomic mass is 32.1. The van der Waals surface area contributed by atoms with Gasteiger partial charge in [0.05, 0.1) is 0 Å². The third-order valence-corrected chi connectivity index (χ3v) is 3.42. The standard InChI is InChI=1S/C12H13N3O2S/c1-2-14-10-9(12(16)17)18-11(15-10)7-3-5-8(13)6-4-7/h3-6,14H,2,13H2,1H3,(H,16,17). The second-order valence-corrected chi connectivity index (χ2v) is 4.65. The number of rotatable bonds is 4. The van der Waals surface area contributed by atoms with Crippen molar-refractivity contribution in [3.05, 3.63) is 29.1 Å². The van der Waals surface area contributed by atoms with Crippen LogP contribution in [0.4, 0.5) is 11.5 Å². The number of benzene rings is 1. The molecule has 0 fully saturated rings. The monoisotopic (exact) mass is 263 g/mol. The van der Waals surface area contributed by atoms with Crippen LogP contribution in [-0.4, -0.2) is 22.6 Å². The number of aromatic nitrogens is 1. The fourth-order valence-electron chi connectivity index (χ4n) is 1.50. The molecule has 0 unspecified atom stereocenters. The summed E-state index contributed by atoms with van der Waals surface area (Å²) in [4.78, 5) is 15.6. The fraction of sp³-hybridized carbons (Fsp3) is 0.167. The number of thiazole rings is 1. The summed E-state index contributed by atoms with van der Waals surface area (Å²) >= 11 is 1.15. The molecule has 4 N–H and O–H groups in total. The van der Waals surface area contributed by atoms with E-state index in [4.69, 9.17) is 10.8 Å². The third kappa shape index (κ3) is 2.43. The van der Waals surface area contributed by atoms with E-state index in [2.05, 4.69) is 10.3 Å². The third-order valence-electron chi connectivity index (χ3n) is 2.32. The lowest BCUT2D eigenvalue weighted by atomic mass is 10.2. The summed E-state index contributed by atoms with van der Waals surface area (Å²) in [7, 11) is 0. The molecule has 94 valence electrons. The van der Waals surface area contributed by atoms with Crippen LogP contribution in [0.1, 0.15) is 16.6 Å². The van der Waals surface area contributed by atoms with Gasteiger partial charge in [0.2, 0.25) is 0 Å². The van der Waals surface area contributed by atoms with Crippen LogP contribution in [-0.2, 0) is 0 Å². The number of nitrogens with one attached hydrogen (secondary N) is 1. The zero-order valence-electron chi connectivity index (χ0n) is 9.80. The molecule has 0 bridgehead atoms. The average Bonchev–Trinajstić information content (AvgIpc) is 2.75. The molecule has 0 amide bonds. The highest BCUT2D eigenvalue weighted by Gasteiger charge is 2.17. The number of nitrogens with zero attached hydrogens (tertiary/aromatic N) is 1. The van der Waals surface area contributed by atoms with E-state index in [1.165, 1.54) is 0 Å². The normalized spacial score (nSPS) is 10.3. The molecular formula is C12H13N3O2S. The highest BCUT2D eigenvalue weighted by molar-refractivity contribution is 7.17. The number of carbonyl (C=O) groups is 1. The van der Waals surface area contributed by atoms with Crippen molar-refractivity contribution in [2.24, 2.45) is 0 Å². The molecule has 0 saturated carbocycles. The Kier molecular flexibility index (Phi) is 3.47. The minimum Gasteiger partial charge on any atom is -0.477 e. The van der Waals surface area contributed by atoms with Crippen molar-refractivity contribution in [2.45, 2.75) is 6.92 Å². The largest absolute Gasteiger partial charge is 0.477 e. The quantitative estimate of drug-likeness (QED) is 0.738. The Bertz CT molecular complexity index is 563. The maximum Gasteiger partial charge on any atom is 0.349 e. The maximum absolute atomic E-state index is 11.1. The number of aromatic carboxylic acids is 1. The first kappa shape index (κ1) is 12.4. The van der Waals surface area contributed by atoms with Crippen molar-refractivity contribution < 1.29 is 9.90 Å². The van der Waals surface area contributed by atoms with Gasteiger partial charge in [0.1, 0.15) is 5.01 Å². The lowest BCUT2D eigenvalue weighted by Gasteiger charge is -1.98. The minimum absolute atomic E-state index is 0.226. The van der Waals surface area contributed by atoms with Crippen molar-refractivity contribution in [1.82, 2.24) is 4.98 Å². The second-order valence-electron chi connectivity index (χ2n) is 3.65. The first-order chi connectivity index (χ1) is 8.61. The molecule has 0 radical (unpaired) electrons. The van der Waals surface area contributed by atoms with Crippen LogP contribution in [0.2, 0.25) is 0 Å². The molecule has 0 aliphatic carbocycles. The van der Waals surface area contributed by atoms with Crippen molar-refractivity contribution >= 4 is 28.8 Å². The number of nitrogen functional groups attached to an aromatic ring is 1. The van der Waals surface area contributed by atoms with Gasteiger partial charge in [-0.3, -0.25) is 0 Å². The molecule has 0 atom stereocenters. The van der Waals surface area contributed by atoms with E-state index in [9.17, 15) is 4.79 Å². The number of hydrogen-bond donors (Lipinski definition) is 3. The van der Waals surface area contributed by atoms with Crippen LogP contribution in [0.5, 0.6) is 0 Å². The van der Waals surface area contributed by atoms with Crippen LogP contribution in [0.25, 0.3) is 10.6 Å². The Morgan fingerprint density at radius 1 is 1.44 bits per heavy atom. The van der Waals surface area contributed by atoms with Crippen molar-refractivity contribution in [3.8, 4) is 10.6 Å². The van der Waals surface area contributed by atoms with Crippen LogP contribution in [0.3, 0.4) is 0 Å². The van der Waals surface area contributed by atoms with Crippen LogP contribution < -0.4 is 11.1 Å². The zero-order chi connectivity index (χ0) is 13.1. The lowest BCUT2D eigenvalue weighted by Crippen LogP contribution is -2.03. The molecule has 2 aromatic rings. The molecule has 0 spiro atoms. The van der Waals surface area contributed by atoms with Gasteiger partial charge in [-0.1, -0.05) is 0 Å². The molecular weight excluding hydrogens is 250 g/mol. The molecule has 1 aromatic carbocycles. The first-order valence-corrected chi connectivity index (χ1v) is 6.27. The zero-order valence-corrected chi connectivity index (χ0v) is 10.6. The molecule has 1 aromatic heterocycles. The summed E-state index contributed by atoms with van der Waals surface area (Å²) in [6, 6.07) is 7.19. The molecule has 18 heavy (non-hydrogen) atoms. The van der Waals surface area contributed by atoms with E-state index in [1.54, 1.807) is 12.1 Å². The number of anilines is 2. The van der Waals surface area contributed by atoms with E-state index >= 15 is 0 Å². The predicted octanol–water partition coefficient (Wildman–Crippen LogP) is 2.52. The van der Waals surface area contributed by atoms with Crippen molar-refractivity contribution in [1.29, 1.82) is 0 Å². The summed E-state index contributed by atoms with van der Waals surface area (Å²) in [6.45, 7) is 2.53. The van der Waals surface area contributed by atoms with Crippen molar-refractivity contribution in [2.75, 3.05) is 17.6 Å². The van der Waals surface area contributed by atoms with Crippen LogP contribution >= 0.6 is 11.3 Å². The van der Waals surface area contributed by atoms with E-state index in [-0.39, 0.29) is 4.88 Å². The minimum atomic E-state index is -0.967.